The minimum Gasteiger partial charge on any atom is -0.484 e. The van der Waals surface area contributed by atoms with Gasteiger partial charge in [0.25, 0.3) is 11.8 Å². The Bertz CT molecular complexity index is 1010. The molecule has 0 aromatic heterocycles. The highest BCUT2D eigenvalue weighted by Crippen LogP contribution is 2.41. The Kier molecular flexibility index (Phi) is 8.03. The van der Waals surface area contributed by atoms with E-state index in [9.17, 15) is 19.2 Å². The van der Waals surface area contributed by atoms with Crippen molar-refractivity contribution in [3.63, 3.8) is 0 Å². The molecule has 0 aliphatic carbocycles. The van der Waals surface area contributed by atoms with Crippen molar-refractivity contribution in [3.05, 3.63) is 53.8 Å². The predicted molar refractivity (Wildman–Crippen MR) is 126 cm³/mol. The molecule has 2 aliphatic rings. The third-order valence-electron chi connectivity index (χ3n) is 4.73. The summed E-state index contributed by atoms with van der Waals surface area (Å²) in [5.74, 6) is -1.23. The van der Waals surface area contributed by atoms with Gasteiger partial charge in [-0.25, -0.2) is 9.59 Å². The summed E-state index contributed by atoms with van der Waals surface area (Å²) in [5, 5.41) is 2.21. The normalized spacial score (nSPS) is 19.9. The van der Waals surface area contributed by atoms with Crippen molar-refractivity contribution < 1.29 is 33.4 Å². The van der Waals surface area contributed by atoms with E-state index in [2.05, 4.69) is 5.32 Å². The first-order valence-electron chi connectivity index (χ1n) is 10.8. The monoisotopic (exact) mass is 488 g/mol. The maximum Gasteiger partial charge on any atom is 0.355 e. The topological polar surface area (TPSA) is 111 Å². The summed E-state index contributed by atoms with van der Waals surface area (Å²) in [6.07, 6.45) is 2.68. The van der Waals surface area contributed by atoms with Gasteiger partial charge in [0.15, 0.2) is 6.61 Å². The number of hydrogen-bond donors (Lipinski definition) is 1. The molecule has 1 saturated heterocycles. The van der Waals surface area contributed by atoms with E-state index < -0.39 is 40.8 Å². The minimum absolute atomic E-state index is 0.0651. The average Bonchev–Trinajstić information content (AvgIpc) is 2.78. The summed E-state index contributed by atoms with van der Waals surface area (Å²) >= 11 is 1.37. The van der Waals surface area contributed by atoms with E-state index in [4.69, 9.17) is 14.2 Å². The molecule has 3 rings (SSSR count). The van der Waals surface area contributed by atoms with E-state index >= 15 is 0 Å². The molecule has 1 aromatic rings. The number of para-hydroxylation sites is 1. The third kappa shape index (κ3) is 6.19. The molecule has 0 spiro atoms. The van der Waals surface area contributed by atoms with E-state index in [1.807, 2.05) is 6.07 Å². The van der Waals surface area contributed by atoms with Gasteiger partial charge in [-0.15, -0.1) is 11.8 Å². The highest BCUT2D eigenvalue weighted by molar-refractivity contribution is 8.00. The number of ether oxygens (including phenoxy) is 3. The highest BCUT2D eigenvalue weighted by atomic mass is 32.2. The Labute approximate surface area is 202 Å². The van der Waals surface area contributed by atoms with Crippen molar-refractivity contribution in [2.75, 3.05) is 19.0 Å². The molecule has 9 nitrogen and oxygen atoms in total. The predicted octanol–water partition coefficient (Wildman–Crippen LogP) is 2.18. The zero-order chi connectivity index (χ0) is 24.9. The second-order valence-electron chi connectivity index (χ2n) is 8.52. The molecule has 1 fully saturated rings. The molecule has 1 aromatic carbocycles. The molecule has 2 aliphatic heterocycles. The van der Waals surface area contributed by atoms with E-state index in [1.54, 1.807) is 52.0 Å². The standard InChI is InChI=1S/C24H28N2O7S/c1-5-31-18(28)12-11-15-14-34-22-19(25-17(27)13-32-16-9-7-6-8-10-16)21(29)26(22)20(15)23(30)33-24(2,3)4/h6-12,19,22H,5,13-14H2,1-4H3,(H,25,27)/t19?,22-/m0/s1. The van der Waals surface area contributed by atoms with Crippen LogP contribution in [0.25, 0.3) is 0 Å². The molecule has 2 amide bonds. The number of carbonyl (C=O) groups is 4. The fourth-order valence-electron chi connectivity index (χ4n) is 3.33. The first-order valence-corrected chi connectivity index (χ1v) is 11.9. The van der Waals surface area contributed by atoms with Crippen molar-refractivity contribution in [2.24, 2.45) is 0 Å². The lowest BCUT2D eigenvalue weighted by molar-refractivity contribution is -0.159. The van der Waals surface area contributed by atoms with Crippen LogP contribution < -0.4 is 10.1 Å². The quantitative estimate of drug-likeness (QED) is 0.337. The number of β-lactam (4-membered cyclic amide) rings is 1. The molecule has 2 heterocycles. The van der Waals surface area contributed by atoms with Crippen LogP contribution in [0.5, 0.6) is 5.75 Å². The Morgan fingerprint density at radius 1 is 1.21 bits per heavy atom. The van der Waals surface area contributed by atoms with E-state index in [1.165, 1.54) is 28.8 Å². The third-order valence-corrected chi connectivity index (χ3v) is 6.03. The van der Waals surface area contributed by atoms with Crippen LogP contribution in [-0.4, -0.2) is 64.6 Å². The summed E-state index contributed by atoms with van der Waals surface area (Å²) in [6.45, 7) is 6.84. The first-order chi connectivity index (χ1) is 16.1. The number of carbonyl (C=O) groups excluding carboxylic acids is 4. The molecule has 10 heteroatoms. The fourth-order valence-corrected chi connectivity index (χ4v) is 4.64. The largest absolute Gasteiger partial charge is 0.484 e. The molecule has 0 radical (unpaired) electrons. The van der Waals surface area contributed by atoms with Gasteiger partial charge in [0, 0.05) is 11.8 Å². The maximum absolute atomic E-state index is 13.0. The number of rotatable bonds is 8. The van der Waals surface area contributed by atoms with Gasteiger partial charge in [-0.1, -0.05) is 18.2 Å². The van der Waals surface area contributed by atoms with Crippen LogP contribution in [0.15, 0.2) is 53.8 Å². The van der Waals surface area contributed by atoms with Crippen molar-refractivity contribution in [1.29, 1.82) is 0 Å². The Morgan fingerprint density at radius 3 is 2.56 bits per heavy atom. The molecule has 1 N–H and O–H groups in total. The molecule has 0 bridgehead atoms. The van der Waals surface area contributed by atoms with Crippen molar-refractivity contribution in [2.45, 2.75) is 44.7 Å². The lowest BCUT2D eigenvalue weighted by atomic mass is 10.0. The van der Waals surface area contributed by atoms with Gasteiger partial charge in [0.2, 0.25) is 0 Å². The van der Waals surface area contributed by atoms with Crippen LogP contribution in [0.1, 0.15) is 27.7 Å². The van der Waals surface area contributed by atoms with Crippen LogP contribution in [0.3, 0.4) is 0 Å². The molecule has 34 heavy (non-hydrogen) atoms. The van der Waals surface area contributed by atoms with E-state index in [0.717, 1.165) is 0 Å². The van der Waals surface area contributed by atoms with Gasteiger partial charge in [-0.2, -0.15) is 0 Å². The number of amides is 2. The first kappa shape index (κ1) is 25.4. The van der Waals surface area contributed by atoms with Crippen LogP contribution >= 0.6 is 11.8 Å². The van der Waals surface area contributed by atoms with Crippen LogP contribution in [0, 0.1) is 0 Å². The molecular weight excluding hydrogens is 460 g/mol. The second kappa shape index (κ2) is 10.8. The van der Waals surface area contributed by atoms with Gasteiger partial charge in [0.05, 0.1) is 6.61 Å². The Balaban J connectivity index is 1.74. The number of nitrogens with one attached hydrogen (secondary N) is 1. The Morgan fingerprint density at radius 2 is 1.91 bits per heavy atom. The van der Waals surface area contributed by atoms with Crippen molar-refractivity contribution in [3.8, 4) is 5.75 Å². The lowest BCUT2D eigenvalue weighted by Crippen LogP contribution is -2.71. The van der Waals surface area contributed by atoms with Gasteiger partial charge in [-0.05, 0) is 51.5 Å². The minimum atomic E-state index is -0.801. The SMILES string of the molecule is CCOC(=O)C=CC1=C(C(=O)OC(C)(C)C)N2C(=O)C(NC(=O)COc3ccccc3)[C@@H]2SC1. The summed E-state index contributed by atoms with van der Waals surface area (Å²) < 4.78 is 15.8. The number of fused-ring (bicyclic) bond motifs is 1. The molecule has 2 atom stereocenters. The summed E-state index contributed by atoms with van der Waals surface area (Å²) in [4.78, 5) is 51.4. The smallest absolute Gasteiger partial charge is 0.355 e. The zero-order valence-electron chi connectivity index (χ0n) is 19.5. The van der Waals surface area contributed by atoms with Crippen LogP contribution in [0.2, 0.25) is 0 Å². The van der Waals surface area contributed by atoms with Gasteiger partial charge >= 0.3 is 11.9 Å². The number of allylic oxidation sites excluding steroid dienone is 1. The lowest BCUT2D eigenvalue weighted by Gasteiger charge is -2.49. The Hall–Kier alpha value is -3.27. The van der Waals surface area contributed by atoms with Crippen molar-refractivity contribution in [1.82, 2.24) is 10.2 Å². The summed E-state index contributed by atoms with van der Waals surface area (Å²) in [6, 6.07) is 8.06. The fraction of sp³-hybridized carbons (Fsp3) is 0.417. The maximum atomic E-state index is 13.0. The molecular formula is C24H28N2O7S. The second-order valence-corrected chi connectivity index (χ2v) is 9.62. The van der Waals surface area contributed by atoms with E-state index in [-0.39, 0.29) is 18.9 Å². The van der Waals surface area contributed by atoms with Gasteiger partial charge < -0.3 is 19.5 Å². The number of benzene rings is 1. The molecule has 1 unspecified atom stereocenters. The number of nitrogens with zero attached hydrogens (tertiary/aromatic N) is 1. The number of esters is 2. The summed E-state index contributed by atoms with van der Waals surface area (Å²) in [5.41, 5.74) is -0.250. The average molecular weight is 489 g/mol. The van der Waals surface area contributed by atoms with Crippen molar-refractivity contribution >= 4 is 35.5 Å². The number of hydrogen-bond acceptors (Lipinski definition) is 8. The van der Waals surface area contributed by atoms with Gasteiger partial charge in [-0.3, -0.25) is 14.5 Å². The summed E-state index contributed by atoms with van der Waals surface area (Å²) in [7, 11) is 0. The van der Waals surface area contributed by atoms with E-state index in [0.29, 0.717) is 17.1 Å². The highest BCUT2D eigenvalue weighted by Gasteiger charge is 2.54. The number of thioether (sulfide) groups is 1. The van der Waals surface area contributed by atoms with Crippen LogP contribution in [-0.2, 0) is 28.7 Å². The van der Waals surface area contributed by atoms with Crippen LogP contribution in [0.4, 0.5) is 0 Å². The zero-order valence-corrected chi connectivity index (χ0v) is 20.3. The molecule has 0 saturated carbocycles. The van der Waals surface area contributed by atoms with Gasteiger partial charge in [0.1, 0.15) is 28.5 Å². The molecule has 182 valence electrons.